The first kappa shape index (κ1) is 22.6. The van der Waals surface area contributed by atoms with Gasteiger partial charge in [-0.05, 0) is 31.2 Å². The van der Waals surface area contributed by atoms with Crippen molar-refractivity contribution in [3.05, 3.63) is 45.9 Å². The third-order valence-corrected chi connectivity index (χ3v) is 4.77. The minimum atomic E-state index is -1.77. The second-order valence-corrected chi connectivity index (χ2v) is 6.70. The molecule has 29 heavy (non-hydrogen) atoms. The van der Waals surface area contributed by atoms with Crippen molar-refractivity contribution in [2.75, 3.05) is 18.9 Å². The Balaban J connectivity index is 2.05. The molecule has 0 saturated heterocycles. The third kappa shape index (κ3) is 4.66. The van der Waals surface area contributed by atoms with E-state index in [1.807, 2.05) is 0 Å². The summed E-state index contributed by atoms with van der Waals surface area (Å²) in [7, 11) is 1.68. The van der Waals surface area contributed by atoms with Gasteiger partial charge in [-0.15, -0.1) is 0 Å². The van der Waals surface area contributed by atoms with Crippen LogP contribution >= 0.6 is 0 Å². The predicted molar refractivity (Wildman–Crippen MR) is 104 cm³/mol. The van der Waals surface area contributed by atoms with Gasteiger partial charge in [-0.3, -0.25) is 14.3 Å². The van der Waals surface area contributed by atoms with E-state index in [9.17, 15) is 30.0 Å². The molecule has 2 rings (SSSR count). The molecule has 1 heterocycles. The molecule has 0 saturated carbocycles. The van der Waals surface area contributed by atoms with Crippen molar-refractivity contribution in [2.24, 2.45) is 7.05 Å². The molecule has 4 atom stereocenters. The fourth-order valence-corrected chi connectivity index (χ4v) is 2.76. The van der Waals surface area contributed by atoms with Gasteiger partial charge in [0.1, 0.15) is 24.0 Å². The lowest BCUT2D eigenvalue weighted by atomic mass is 10.0. The van der Waals surface area contributed by atoms with Crippen LogP contribution in [-0.4, -0.2) is 78.4 Å². The standard InChI is InChI=1S/C18H26N4O7/c1-9-14(19)18(29)22(21(9)2)11-5-3-10(4-6-11)17(28)20-7-12(24)15(26)16(27)13(25)8-23/h3-6,12-13,15-16,23-27H,7-8,19H2,1-2H3,(H,20,28). The number of nitrogens with two attached hydrogens (primary N) is 1. The highest BCUT2D eigenvalue weighted by Crippen LogP contribution is 2.13. The molecule has 0 aliphatic rings. The van der Waals surface area contributed by atoms with E-state index >= 15 is 0 Å². The average Bonchev–Trinajstić information content (AvgIpc) is 2.92. The number of carbonyl (C=O) groups is 1. The maximum absolute atomic E-state index is 12.2. The zero-order valence-electron chi connectivity index (χ0n) is 16.1. The topological polar surface area (TPSA) is 183 Å². The lowest BCUT2D eigenvalue weighted by Gasteiger charge is -2.25. The molecule has 0 fully saturated rings. The fourth-order valence-electron chi connectivity index (χ4n) is 2.76. The van der Waals surface area contributed by atoms with Crippen molar-refractivity contribution < 1.29 is 30.3 Å². The van der Waals surface area contributed by atoms with Gasteiger partial charge in [0.2, 0.25) is 0 Å². The fraction of sp³-hybridized carbons (Fsp3) is 0.444. The van der Waals surface area contributed by atoms with Crippen LogP contribution in [0.15, 0.2) is 29.1 Å². The van der Waals surface area contributed by atoms with Gasteiger partial charge in [-0.2, -0.15) is 0 Å². The van der Waals surface area contributed by atoms with Crippen molar-refractivity contribution in [3.63, 3.8) is 0 Å². The predicted octanol–water partition coefficient (Wildman–Crippen LogP) is -2.77. The van der Waals surface area contributed by atoms with Gasteiger partial charge in [-0.25, -0.2) is 4.68 Å². The molecule has 1 amide bonds. The number of nitrogens with one attached hydrogen (secondary N) is 1. The van der Waals surface area contributed by atoms with Crippen molar-refractivity contribution in [1.29, 1.82) is 0 Å². The Bertz CT molecular complexity index is 906. The van der Waals surface area contributed by atoms with Gasteiger partial charge >= 0.3 is 0 Å². The van der Waals surface area contributed by atoms with Crippen molar-refractivity contribution in [1.82, 2.24) is 14.7 Å². The summed E-state index contributed by atoms with van der Waals surface area (Å²) in [5, 5.41) is 49.6. The molecule has 0 aliphatic heterocycles. The number of aliphatic hydroxyl groups excluding tert-OH is 5. The Morgan fingerprint density at radius 1 is 1.10 bits per heavy atom. The van der Waals surface area contributed by atoms with Crippen molar-refractivity contribution in [2.45, 2.75) is 31.3 Å². The zero-order valence-corrected chi connectivity index (χ0v) is 16.1. The van der Waals surface area contributed by atoms with Crippen LogP contribution in [0.2, 0.25) is 0 Å². The summed E-state index contributed by atoms with van der Waals surface area (Å²) in [4.78, 5) is 24.5. The monoisotopic (exact) mass is 410 g/mol. The first-order valence-corrected chi connectivity index (χ1v) is 8.86. The van der Waals surface area contributed by atoms with E-state index in [0.29, 0.717) is 11.4 Å². The number of amides is 1. The molecular weight excluding hydrogens is 384 g/mol. The van der Waals surface area contributed by atoms with E-state index in [1.165, 1.54) is 16.8 Å². The number of nitrogens with zero attached hydrogens (tertiary/aromatic N) is 2. The number of anilines is 1. The Labute approximate surface area is 166 Å². The molecule has 0 bridgehead atoms. The quantitative estimate of drug-likeness (QED) is 0.244. The van der Waals surface area contributed by atoms with Crippen molar-refractivity contribution in [3.8, 4) is 5.69 Å². The van der Waals surface area contributed by atoms with E-state index in [0.717, 1.165) is 0 Å². The Kier molecular flexibility index (Phi) is 7.16. The largest absolute Gasteiger partial charge is 0.394 e. The van der Waals surface area contributed by atoms with Gasteiger partial charge in [-0.1, -0.05) is 0 Å². The summed E-state index contributed by atoms with van der Waals surface area (Å²) in [6.45, 7) is 0.522. The summed E-state index contributed by atoms with van der Waals surface area (Å²) in [6, 6.07) is 6.06. The number of benzene rings is 1. The molecule has 11 nitrogen and oxygen atoms in total. The molecule has 2 aromatic rings. The van der Waals surface area contributed by atoms with Crippen molar-refractivity contribution >= 4 is 11.6 Å². The van der Waals surface area contributed by atoms with E-state index in [-0.39, 0.29) is 16.8 Å². The molecule has 8 N–H and O–H groups in total. The molecule has 4 unspecified atom stereocenters. The van der Waals surface area contributed by atoms with Gasteiger partial charge in [0.05, 0.1) is 24.1 Å². The number of rotatable bonds is 8. The first-order chi connectivity index (χ1) is 13.6. The number of hydrogen-bond acceptors (Lipinski definition) is 8. The summed E-state index contributed by atoms with van der Waals surface area (Å²) < 4.78 is 2.96. The lowest BCUT2D eigenvalue weighted by Crippen LogP contribution is -2.49. The van der Waals surface area contributed by atoms with Crippen LogP contribution in [-0.2, 0) is 7.05 Å². The number of nitrogen functional groups attached to an aromatic ring is 1. The molecule has 0 radical (unpaired) electrons. The van der Waals surface area contributed by atoms with Crippen LogP contribution in [0.1, 0.15) is 16.1 Å². The second-order valence-electron chi connectivity index (χ2n) is 6.70. The third-order valence-electron chi connectivity index (χ3n) is 4.77. The van der Waals surface area contributed by atoms with Crippen LogP contribution < -0.4 is 16.6 Å². The maximum Gasteiger partial charge on any atom is 0.294 e. The van der Waals surface area contributed by atoms with Crippen LogP contribution in [0, 0.1) is 6.92 Å². The number of aliphatic hydroxyl groups is 5. The molecule has 160 valence electrons. The molecule has 0 aliphatic carbocycles. The van der Waals surface area contributed by atoms with E-state index in [1.54, 1.807) is 30.8 Å². The minimum absolute atomic E-state index is 0.135. The second kappa shape index (κ2) is 9.20. The number of carbonyl (C=O) groups excluding carboxylic acids is 1. The Morgan fingerprint density at radius 2 is 1.66 bits per heavy atom. The van der Waals surface area contributed by atoms with Crippen LogP contribution in [0.3, 0.4) is 0 Å². The smallest absolute Gasteiger partial charge is 0.294 e. The van der Waals surface area contributed by atoms with E-state index in [4.69, 9.17) is 10.8 Å². The van der Waals surface area contributed by atoms with Gasteiger partial charge in [0.25, 0.3) is 11.5 Å². The zero-order chi connectivity index (χ0) is 21.9. The normalized spacial score (nSPS) is 15.6. The molecule has 11 heteroatoms. The number of hydrogen-bond donors (Lipinski definition) is 7. The highest BCUT2D eigenvalue weighted by molar-refractivity contribution is 5.94. The maximum atomic E-state index is 12.2. The highest BCUT2D eigenvalue weighted by Gasteiger charge is 2.30. The summed E-state index contributed by atoms with van der Waals surface area (Å²) in [5.74, 6) is -0.560. The SMILES string of the molecule is Cc1c(N)c(=O)n(-c2ccc(C(=O)NCC(O)C(O)C(O)C(O)CO)cc2)n1C. The summed E-state index contributed by atoms with van der Waals surface area (Å²) in [5.41, 5.74) is 6.86. The lowest BCUT2D eigenvalue weighted by molar-refractivity contribution is -0.113. The van der Waals surface area contributed by atoms with Gasteiger partial charge in [0.15, 0.2) is 0 Å². The van der Waals surface area contributed by atoms with E-state index < -0.39 is 43.5 Å². The van der Waals surface area contributed by atoms with Crippen LogP contribution in [0.5, 0.6) is 0 Å². The van der Waals surface area contributed by atoms with E-state index in [2.05, 4.69) is 5.32 Å². The molecular formula is C18H26N4O7. The molecule has 1 aromatic heterocycles. The molecule has 1 aromatic carbocycles. The van der Waals surface area contributed by atoms with Crippen LogP contribution in [0.4, 0.5) is 5.69 Å². The summed E-state index contributed by atoms with van der Waals surface area (Å²) in [6.07, 6.45) is -6.73. The Morgan fingerprint density at radius 3 is 2.14 bits per heavy atom. The molecule has 0 spiro atoms. The summed E-state index contributed by atoms with van der Waals surface area (Å²) >= 11 is 0. The first-order valence-electron chi connectivity index (χ1n) is 8.86. The minimum Gasteiger partial charge on any atom is -0.394 e. The van der Waals surface area contributed by atoms with Gasteiger partial charge in [0, 0.05) is 19.2 Å². The average molecular weight is 410 g/mol. The van der Waals surface area contributed by atoms with Gasteiger partial charge < -0.3 is 36.6 Å². The Hall–Kier alpha value is -2.70. The van der Waals surface area contributed by atoms with Crippen LogP contribution in [0.25, 0.3) is 5.69 Å². The highest BCUT2D eigenvalue weighted by atomic mass is 16.4. The number of aromatic nitrogens is 2.